The van der Waals surface area contributed by atoms with E-state index in [1.54, 1.807) is 0 Å². The maximum Gasteiger partial charge on any atom is 0.416 e. The number of hydrogen-bond donors (Lipinski definition) is 2. The van der Waals surface area contributed by atoms with Crippen LogP contribution in [0.3, 0.4) is 0 Å². The maximum atomic E-state index is 13.3. The number of hydrogen-bond acceptors (Lipinski definition) is 6. The van der Waals surface area contributed by atoms with Crippen LogP contribution in [0.1, 0.15) is 109 Å². The van der Waals surface area contributed by atoms with Crippen molar-refractivity contribution in [2.45, 2.75) is 82.0 Å². The van der Waals surface area contributed by atoms with Crippen LogP contribution in [-0.2, 0) is 26.0 Å². The zero-order valence-corrected chi connectivity index (χ0v) is 21.7. The minimum atomic E-state index is -4.43. The van der Waals surface area contributed by atoms with E-state index < -0.39 is 41.1 Å². The molecule has 2 unspecified atom stereocenters. The average Bonchev–Trinajstić information content (AvgIpc) is 3.21. The lowest BCUT2D eigenvalue weighted by molar-refractivity contribution is -0.137. The zero-order valence-electron chi connectivity index (χ0n) is 21.7. The van der Waals surface area contributed by atoms with Gasteiger partial charge in [-0.15, -0.1) is 0 Å². The Bertz CT molecular complexity index is 1200. The molecule has 38 heavy (non-hydrogen) atoms. The van der Waals surface area contributed by atoms with Crippen LogP contribution in [0, 0.1) is 5.41 Å². The minimum absolute atomic E-state index is 0.0488. The molecule has 1 aromatic carbocycles. The van der Waals surface area contributed by atoms with Crippen LogP contribution in [0.25, 0.3) is 0 Å². The maximum absolute atomic E-state index is 13.3. The molecule has 6 nitrogen and oxygen atoms in total. The lowest BCUT2D eigenvalue weighted by Gasteiger charge is -2.42. The Morgan fingerprint density at radius 2 is 1.53 bits per heavy atom. The molecule has 1 aliphatic carbocycles. The molecule has 0 saturated carbocycles. The summed E-state index contributed by atoms with van der Waals surface area (Å²) in [7, 11) is 0. The number of alkyl halides is 3. The molecular formula is C29H34F3NO5. The van der Waals surface area contributed by atoms with E-state index in [0.29, 0.717) is 62.5 Å². The SMILES string of the molecule is CC1(C)CC(O)c2c(nc(C3CCOCC3)c3c2C2(CCOCC2)O[C@@H]3c2ccc(C(F)(F)F)cc2)C1O. The smallest absolute Gasteiger partial charge is 0.388 e. The molecule has 6 rings (SSSR count). The second-order valence-electron chi connectivity index (χ2n) is 11.8. The second kappa shape index (κ2) is 9.27. The molecule has 0 amide bonds. The molecule has 2 N–H and O–H groups in total. The largest absolute Gasteiger partial charge is 0.416 e. The molecule has 0 bridgehead atoms. The third-order valence-electron chi connectivity index (χ3n) is 8.89. The number of ether oxygens (including phenoxy) is 3. The zero-order chi connectivity index (χ0) is 26.9. The molecule has 9 heteroatoms. The molecule has 2 aromatic rings. The van der Waals surface area contributed by atoms with Crippen LogP contribution in [0.15, 0.2) is 24.3 Å². The molecule has 4 heterocycles. The third kappa shape index (κ3) is 4.18. The lowest BCUT2D eigenvalue weighted by atomic mass is 9.68. The third-order valence-corrected chi connectivity index (χ3v) is 8.89. The van der Waals surface area contributed by atoms with Crippen molar-refractivity contribution in [3.63, 3.8) is 0 Å². The van der Waals surface area contributed by atoms with Gasteiger partial charge in [-0.2, -0.15) is 13.2 Å². The van der Waals surface area contributed by atoms with E-state index in [1.165, 1.54) is 12.1 Å². The van der Waals surface area contributed by atoms with Crippen LogP contribution in [0.5, 0.6) is 0 Å². The molecule has 2 saturated heterocycles. The average molecular weight is 534 g/mol. The van der Waals surface area contributed by atoms with Crippen molar-refractivity contribution in [3.05, 3.63) is 63.5 Å². The summed E-state index contributed by atoms with van der Waals surface area (Å²) in [5.41, 5.74) is 2.17. The summed E-state index contributed by atoms with van der Waals surface area (Å²) in [5, 5.41) is 23.0. The van der Waals surface area contributed by atoms with Gasteiger partial charge in [0.15, 0.2) is 0 Å². The topological polar surface area (TPSA) is 81.0 Å². The molecule has 2 fully saturated rings. The van der Waals surface area contributed by atoms with Crippen LogP contribution >= 0.6 is 0 Å². The Labute approximate surface area is 220 Å². The first-order chi connectivity index (χ1) is 18.0. The summed E-state index contributed by atoms with van der Waals surface area (Å²) in [4.78, 5) is 5.09. The predicted molar refractivity (Wildman–Crippen MR) is 131 cm³/mol. The van der Waals surface area contributed by atoms with E-state index in [1.807, 2.05) is 13.8 Å². The van der Waals surface area contributed by atoms with Crippen molar-refractivity contribution in [3.8, 4) is 0 Å². The molecular weight excluding hydrogens is 499 g/mol. The first kappa shape index (κ1) is 26.2. The highest BCUT2D eigenvalue weighted by atomic mass is 19.4. The van der Waals surface area contributed by atoms with Gasteiger partial charge in [-0.1, -0.05) is 26.0 Å². The molecule has 206 valence electrons. The number of aliphatic hydroxyl groups excluding tert-OH is 2. The number of rotatable bonds is 2. The number of aliphatic hydroxyl groups is 2. The van der Waals surface area contributed by atoms with Gasteiger partial charge in [0.2, 0.25) is 0 Å². The van der Waals surface area contributed by atoms with Gasteiger partial charge in [0, 0.05) is 56.3 Å². The molecule has 1 spiro atoms. The van der Waals surface area contributed by atoms with E-state index in [4.69, 9.17) is 19.2 Å². The van der Waals surface area contributed by atoms with Crippen molar-refractivity contribution >= 4 is 0 Å². The van der Waals surface area contributed by atoms with Gasteiger partial charge in [0.05, 0.1) is 28.7 Å². The molecule has 3 atom stereocenters. The summed E-state index contributed by atoms with van der Waals surface area (Å²) < 4.78 is 58.2. The van der Waals surface area contributed by atoms with Crippen LogP contribution in [0.2, 0.25) is 0 Å². The molecule has 4 aliphatic rings. The van der Waals surface area contributed by atoms with Crippen LogP contribution in [-0.4, -0.2) is 41.6 Å². The Balaban J connectivity index is 1.60. The second-order valence-corrected chi connectivity index (χ2v) is 11.8. The lowest BCUT2D eigenvalue weighted by Crippen LogP contribution is -2.38. The Kier molecular flexibility index (Phi) is 6.39. The highest BCUT2D eigenvalue weighted by Crippen LogP contribution is 2.59. The summed E-state index contributed by atoms with van der Waals surface area (Å²) in [6.07, 6.45) is -3.83. The minimum Gasteiger partial charge on any atom is -0.388 e. The van der Waals surface area contributed by atoms with Gasteiger partial charge in [0.1, 0.15) is 12.2 Å². The number of halogens is 3. The number of nitrogens with zero attached hydrogens (tertiary/aromatic N) is 1. The number of aromatic nitrogens is 1. The molecule has 0 radical (unpaired) electrons. The summed E-state index contributed by atoms with van der Waals surface area (Å²) in [6.45, 7) is 5.95. The van der Waals surface area contributed by atoms with Crippen LogP contribution in [0.4, 0.5) is 13.2 Å². The van der Waals surface area contributed by atoms with E-state index in [9.17, 15) is 23.4 Å². The van der Waals surface area contributed by atoms with E-state index >= 15 is 0 Å². The fraction of sp³-hybridized carbons (Fsp3) is 0.621. The van der Waals surface area contributed by atoms with Crippen molar-refractivity contribution in [1.29, 1.82) is 0 Å². The van der Waals surface area contributed by atoms with Crippen molar-refractivity contribution in [2.24, 2.45) is 5.41 Å². The predicted octanol–water partition coefficient (Wildman–Crippen LogP) is 5.62. The van der Waals surface area contributed by atoms with E-state index in [-0.39, 0.29) is 5.92 Å². The standard InChI is InChI=1S/C29H34F3NO5/c1-27(2)15-19(34)20-22-21(23(33-24(20)26(27)35)16-7-11-36-12-8-16)25(38-28(22)9-13-37-14-10-28)17-3-5-18(6-4-17)29(30,31)32/h3-6,16,19,25-26,34-35H,7-15H2,1-2H3/t19?,25-,26?/m1/s1. The van der Waals surface area contributed by atoms with E-state index in [2.05, 4.69) is 0 Å². The van der Waals surface area contributed by atoms with Gasteiger partial charge < -0.3 is 24.4 Å². The Morgan fingerprint density at radius 1 is 0.895 bits per heavy atom. The number of benzene rings is 1. The van der Waals surface area contributed by atoms with Crippen molar-refractivity contribution < 1.29 is 37.6 Å². The van der Waals surface area contributed by atoms with Crippen molar-refractivity contribution in [2.75, 3.05) is 26.4 Å². The Morgan fingerprint density at radius 3 is 2.16 bits per heavy atom. The monoisotopic (exact) mass is 533 g/mol. The fourth-order valence-corrected chi connectivity index (χ4v) is 6.81. The summed E-state index contributed by atoms with van der Waals surface area (Å²) in [5.74, 6) is 0.0488. The van der Waals surface area contributed by atoms with Gasteiger partial charge in [-0.05, 0) is 47.9 Å². The van der Waals surface area contributed by atoms with Gasteiger partial charge in [-0.3, -0.25) is 4.98 Å². The molecule has 1 aromatic heterocycles. The van der Waals surface area contributed by atoms with Gasteiger partial charge in [-0.25, -0.2) is 0 Å². The highest BCUT2D eigenvalue weighted by molar-refractivity contribution is 5.55. The Hall–Kier alpha value is -2.04. The quantitative estimate of drug-likeness (QED) is 0.522. The number of pyridine rings is 1. The first-order valence-electron chi connectivity index (χ1n) is 13.5. The number of fused-ring (bicyclic) bond motifs is 4. The molecule has 3 aliphatic heterocycles. The first-order valence-corrected chi connectivity index (χ1v) is 13.5. The normalized spacial score (nSPS) is 28.8. The van der Waals surface area contributed by atoms with Crippen molar-refractivity contribution in [1.82, 2.24) is 4.98 Å². The summed E-state index contributed by atoms with van der Waals surface area (Å²) >= 11 is 0. The highest BCUT2D eigenvalue weighted by Gasteiger charge is 2.54. The van der Waals surface area contributed by atoms with E-state index in [0.717, 1.165) is 41.8 Å². The summed E-state index contributed by atoms with van der Waals surface area (Å²) in [6, 6.07) is 5.15. The van der Waals surface area contributed by atoms with Gasteiger partial charge in [0.25, 0.3) is 0 Å². The van der Waals surface area contributed by atoms with Gasteiger partial charge >= 0.3 is 6.18 Å². The van der Waals surface area contributed by atoms with Crippen LogP contribution < -0.4 is 0 Å². The fourth-order valence-electron chi connectivity index (χ4n) is 6.81.